The molecule has 2 N–H and O–H groups in total. The van der Waals surface area contributed by atoms with E-state index in [-0.39, 0.29) is 28.3 Å². The maximum absolute atomic E-state index is 10.3. The molecule has 0 atom stereocenters. The minimum absolute atomic E-state index is 0. The number of carboxylic acids is 1. The Bertz CT molecular complexity index is 544. The van der Waals surface area contributed by atoms with Crippen LogP contribution in [0.2, 0.25) is 0 Å². The van der Waals surface area contributed by atoms with E-state index in [1.807, 2.05) is 0 Å². The molecule has 5 heteroatoms. The zero-order valence-electron chi connectivity index (χ0n) is 20.5. The van der Waals surface area contributed by atoms with Gasteiger partial charge >= 0.3 is 5.97 Å². The van der Waals surface area contributed by atoms with Crippen LogP contribution in [0.4, 0.5) is 0 Å². The predicted molar refractivity (Wildman–Crippen MR) is 128 cm³/mol. The lowest BCUT2D eigenvalue weighted by Crippen LogP contribution is -3.00. The highest BCUT2D eigenvalue weighted by Crippen LogP contribution is 2.15. The van der Waals surface area contributed by atoms with E-state index in [4.69, 9.17) is 10.2 Å². The summed E-state index contributed by atoms with van der Waals surface area (Å²) in [5.74, 6) is -1.31. The Balaban J connectivity index is 0. The number of carbonyl (C=O) groups is 1. The first kappa shape index (κ1) is 32.1. The molecule has 0 aliphatic carbocycles. The number of nitrogens with zero attached hydrogens (tertiary/aromatic N) is 1. The third kappa shape index (κ3) is 21.9. The molecule has 0 spiro atoms. The number of unbranched alkanes of at least 4 members (excludes halogenated alkanes) is 13. The Morgan fingerprint density at radius 3 is 1.45 bits per heavy atom. The maximum Gasteiger partial charge on any atom is 0.339 e. The van der Waals surface area contributed by atoms with Crippen LogP contribution in [0.25, 0.3) is 0 Å². The van der Waals surface area contributed by atoms with E-state index < -0.39 is 5.97 Å². The molecule has 0 amide bonds. The number of phenols is 1. The Morgan fingerprint density at radius 2 is 1.13 bits per heavy atom. The first-order chi connectivity index (χ1) is 14.3. The molecule has 0 bridgehead atoms. The van der Waals surface area contributed by atoms with Crippen LogP contribution in [0.15, 0.2) is 24.3 Å². The molecule has 0 radical (unpaired) electrons. The standard InChI is InChI=1S/C19H42N.C7H6O3.BrH/c1-5-6-7-8-9-10-11-12-13-14-15-16-17-18-19-20(2,3)4;8-6-4-2-1-3-5(6)7(9)10;/h5-19H2,1-4H3;1-4,8H,(H,9,10);1H/q+1;;/p-1. The first-order valence-corrected chi connectivity index (χ1v) is 12.1. The summed E-state index contributed by atoms with van der Waals surface area (Å²) in [4.78, 5) is 10.3. The Kier molecular flexibility index (Phi) is 21.6. The van der Waals surface area contributed by atoms with E-state index in [1.54, 1.807) is 12.1 Å². The number of carboxylic acid groups (broad SMARTS) is 1. The van der Waals surface area contributed by atoms with E-state index in [9.17, 15) is 4.79 Å². The maximum atomic E-state index is 10.3. The molecule has 4 nitrogen and oxygen atoms in total. The molecule has 0 saturated heterocycles. The van der Waals surface area contributed by atoms with Crippen molar-refractivity contribution >= 4 is 5.97 Å². The van der Waals surface area contributed by atoms with Gasteiger partial charge in [-0.15, -0.1) is 0 Å². The number of benzene rings is 1. The molecule has 182 valence electrons. The van der Waals surface area contributed by atoms with Crippen LogP contribution in [0, 0.1) is 0 Å². The molecule has 0 unspecified atom stereocenters. The van der Waals surface area contributed by atoms with Crippen LogP contribution in [0.1, 0.15) is 107 Å². The van der Waals surface area contributed by atoms with Crippen molar-refractivity contribution in [2.24, 2.45) is 0 Å². The third-order valence-corrected chi connectivity index (χ3v) is 5.32. The highest BCUT2D eigenvalue weighted by Gasteiger charge is 2.06. The van der Waals surface area contributed by atoms with Crippen LogP contribution < -0.4 is 17.0 Å². The summed E-state index contributed by atoms with van der Waals surface area (Å²) < 4.78 is 1.12. The Labute approximate surface area is 202 Å². The van der Waals surface area contributed by atoms with Gasteiger partial charge in [-0.3, -0.25) is 0 Å². The van der Waals surface area contributed by atoms with Crippen LogP contribution in [-0.4, -0.2) is 48.4 Å². The van der Waals surface area contributed by atoms with Gasteiger partial charge in [0.15, 0.2) is 0 Å². The van der Waals surface area contributed by atoms with Gasteiger partial charge in [-0.1, -0.05) is 96.1 Å². The van der Waals surface area contributed by atoms with Crippen LogP contribution in [0.5, 0.6) is 5.75 Å². The van der Waals surface area contributed by atoms with Crippen molar-refractivity contribution in [2.75, 3.05) is 27.7 Å². The largest absolute Gasteiger partial charge is 1.00 e. The normalized spacial score (nSPS) is 10.7. The minimum atomic E-state index is -1.11. The van der Waals surface area contributed by atoms with Gasteiger partial charge in [0.2, 0.25) is 0 Å². The van der Waals surface area contributed by atoms with Crippen molar-refractivity contribution in [1.29, 1.82) is 0 Å². The Hall–Kier alpha value is -1.07. The fraction of sp³-hybridized carbons (Fsp3) is 0.731. The number of aromatic hydroxyl groups is 1. The number of aromatic carboxylic acids is 1. The van der Waals surface area contributed by atoms with E-state index in [0.717, 1.165) is 4.48 Å². The second-order valence-electron chi connectivity index (χ2n) is 9.43. The average molecular weight is 503 g/mol. The highest BCUT2D eigenvalue weighted by molar-refractivity contribution is 5.90. The van der Waals surface area contributed by atoms with Crippen molar-refractivity contribution in [3.63, 3.8) is 0 Å². The monoisotopic (exact) mass is 501 g/mol. The molecule has 1 aromatic rings. The van der Waals surface area contributed by atoms with Gasteiger partial charge in [-0.2, -0.15) is 0 Å². The van der Waals surface area contributed by atoms with Crippen molar-refractivity contribution in [2.45, 2.75) is 96.8 Å². The molecule has 0 heterocycles. The topological polar surface area (TPSA) is 57.5 Å². The molecular formula is C26H48BrNO3. The van der Waals surface area contributed by atoms with Crippen molar-refractivity contribution < 1.29 is 36.5 Å². The fourth-order valence-corrected chi connectivity index (χ4v) is 3.44. The van der Waals surface area contributed by atoms with Gasteiger partial charge in [0.1, 0.15) is 11.3 Å². The summed E-state index contributed by atoms with van der Waals surface area (Å²) in [6.07, 6.45) is 20.4. The number of hydrogen-bond donors (Lipinski definition) is 2. The van der Waals surface area contributed by atoms with E-state index in [1.165, 1.54) is 109 Å². The van der Waals surface area contributed by atoms with Gasteiger partial charge in [0.25, 0.3) is 0 Å². The molecule has 1 aromatic carbocycles. The number of hydrogen-bond acceptors (Lipinski definition) is 2. The molecule has 31 heavy (non-hydrogen) atoms. The summed E-state index contributed by atoms with van der Waals surface area (Å²) in [5.41, 5.74) is -0.0671. The predicted octanol–water partition coefficient (Wildman–Crippen LogP) is 4.27. The van der Waals surface area contributed by atoms with E-state index in [2.05, 4.69) is 28.1 Å². The summed E-state index contributed by atoms with van der Waals surface area (Å²) in [6.45, 7) is 3.63. The lowest BCUT2D eigenvalue weighted by molar-refractivity contribution is -0.870. The van der Waals surface area contributed by atoms with Crippen molar-refractivity contribution in [3.05, 3.63) is 29.8 Å². The molecule has 0 aromatic heterocycles. The zero-order chi connectivity index (χ0) is 22.7. The number of rotatable bonds is 16. The smallest absolute Gasteiger partial charge is 0.339 e. The highest BCUT2D eigenvalue weighted by atomic mass is 79.9. The minimum Gasteiger partial charge on any atom is -1.00 e. The van der Waals surface area contributed by atoms with E-state index >= 15 is 0 Å². The first-order valence-electron chi connectivity index (χ1n) is 12.1. The van der Waals surface area contributed by atoms with Gasteiger partial charge in [0, 0.05) is 0 Å². The second kappa shape index (κ2) is 20.8. The third-order valence-electron chi connectivity index (χ3n) is 5.32. The molecular weight excluding hydrogens is 454 g/mol. The van der Waals surface area contributed by atoms with Crippen LogP contribution in [-0.2, 0) is 0 Å². The summed E-state index contributed by atoms with van der Waals surface area (Å²) in [7, 11) is 6.88. The number of halogens is 1. The van der Waals surface area contributed by atoms with Crippen molar-refractivity contribution in [1.82, 2.24) is 0 Å². The fourth-order valence-electron chi connectivity index (χ4n) is 3.44. The quantitative estimate of drug-likeness (QED) is 0.262. The van der Waals surface area contributed by atoms with E-state index in [0.29, 0.717) is 0 Å². The summed E-state index contributed by atoms with van der Waals surface area (Å²) in [5, 5.41) is 17.3. The van der Waals surface area contributed by atoms with Gasteiger partial charge in [-0.05, 0) is 25.0 Å². The Morgan fingerprint density at radius 1 is 0.742 bits per heavy atom. The average Bonchev–Trinajstić information content (AvgIpc) is 2.68. The number of para-hydroxylation sites is 1. The molecule has 0 fully saturated rings. The van der Waals surface area contributed by atoms with Gasteiger partial charge in [-0.25, -0.2) is 4.79 Å². The molecule has 1 rings (SSSR count). The second-order valence-corrected chi connectivity index (χ2v) is 9.43. The van der Waals surface area contributed by atoms with Crippen LogP contribution >= 0.6 is 0 Å². The number of quaternary nitrogens is 1. The molecule has 0 saturated carbocycles. The SMILES string of the molecule is CCCCCCCCCCCCCCCC[N+](C)(C)C.O=C(O)c1ccccc1O.[Br-]. The van der Waals surface area contributed by atoms with Gasteiger partial charge in [0.05, 0.1) is 27.7 Å². The lowest BCUT2D eigenvalue weighted by atomic mass is 10.0. The lowest BCUT2D eigenvalue weighted by Gasteiger charge is -2.23. The van der Waals surface area contributed by atoms with Crippen molar-refractivity contribution in [3.8, 4) is 5.75 Å². The molecule has 0 aliphatic rings. The molecule has 0 aliphatic heterocycles. The van der Waals surface area contributed by atoms with Gasteiger partial charge < -0.3 is 31.7 Å². The summed E-state index contributed by atoms with van der Waals surface area (Å²) in [6, 6.07) is 5.81. The van der Waals surface area contributed by atoms with Crippen LogP contribution in [0.3, 0.4) is 0 Å². The summed E-state index contributed by atoms with van der Waals surface area (Å²) >= 11 is 0. The zero-order valence-corrected chi connectivity index (χ0v) is 22.1.